The minimum absolute atomic E-state index is 0.00207. The molecule has 4 nitrogen and oxygen atoms in total. The van der Waals surface area contributed by atoms with Gasteiger partial charge in [0.1, 0.15) is 6.10 Å². The molecule has 0 heterocycles. The molecular weight excluding hydrogens is 192 g/mol. The normalized spacial score (nSPS) is 12.2. The van der Waals surface area contributed by atoms with Crippen LogP contribution in [0.25, 0.3) is 0 Å². The first-order valence-electron chi connectivity index (χ1n) is 5.85. The van der Waals surface area contributed by atoms with Gasteiger partial charge in [-0.1, -0.05) is 19.8 Å². The number of carbonyl (C=O) groups is 1. The van der Waals surface area contributed by atoms with E-state index in [1.165, 1.54) is 0 Å². The van der Waals surface area contributed by atoms with E-state index in [1.54, 1.807) is 0 Å². The lowest BCUT2D eigenvalue weighted by molar-refractivity contribution is 0.105. The number of rotatable bonds is 8. The largest absolute Gasteiger partial charge is 0.447 e. The number of nitrogens with one attached hydrogen (secondary N) is 1. The number of ether oxygens (including phenoxy) is 1. The highest BCUT2D eigenvalue weighted by Gasteiger charge is 2.05. The van der Waals surface area contributed by atoms with E-state index in [0.717, 1.165) is 38.6 Å². The van der Waals surface area contributed by atoms with Crippen molar-refractivity contribution in [2.24, 2.45) is 5.73 Å². The van der Waals surface area contributed by atoms with E-state index >= 15 is 0 Å². The molecule has 0 rings (SSSR count). The third-order valence-corrected chi connectivity index (χ3v) is 2.28. The highest BCUT2D eigenvalue weighted by atomic mass is 16.6. The van der Waals surface area contributed by atoms with Crippen LogP contribution in [0.15, 0.2) is 0 Å². The molecule has 0 bridgehead atoms. The van der Waals surface area contributed by atoms with Crippen molar-refractivity contribution in [3.63, 3.8) is 0 Å². The number of hydrogen-bond donors (Lipinski definition) is 2. The average Bonchev–Trinajstić information content (AvgIpc) is 2.23. The molecule has 0 aliphatic heterocycles. The Balaban J connectivity index is 3.24. The predicted molar refractivity (Wildman–Crippen MR) is 61.8 cm³/mol. The number of alkyl carbamates (subject to hydrolysis) is 1. The molecule has 0 aromatic rings. The second-order valence-corrected chi connectivity index (χ2v) is 3.75. The lowest BCUT2D eigenvalue weighted by Crippen LogP contribution is -2.28. The van der Waals surface area contributed by atoms with Crippen LogP contribution in [0.5, 0.6) is 0 Å². The highest BCUT2D eigenvalue weighted by Crippen LogP contribution is 1.98. The molecule has 4 heteroatoms. The number of unbranched alkanes of at least 4 members (excludes halogenated alkanes) is 3. The molecule has 1 unspecified atom stereocenters. The van der Waals surface area contributed by atoms with Gasteiger partial charge in [-0.05, 0) is 32.7 Å². The predicted octanol–water partition coefficient (Wildman–Crippen LogP) is 2.03. The summed E-state index contributed by atoms with van der Waals surface area (Å²) in [6.07, 6.45) is 4.86. The van der Waals surface area contributed by atoms with E-state index in [-0.39, 0.29) is 12.2 Å². The first kappa shape index (κ1) is 14.2. The summed E-state index contributed by atoms with van der Waals surface area (Å²) in [4.78, 5) is 11.1. The Labute approximate surface area is 92.6 Å². The first-order valence-corrected chi connectivity index (χ1v) is 5.85. The molecule has 90 valence electrons. The van der Waals surface area contributed by atoms with Gasteiger partial charge in [-0.3, -0.25) is 0 Å². The van der Waals surface area contributed by atoms with Crippen LogP contribution >= 0.6 is 0 Å². The molecule has 15 heavy (non-hydrogen) atoms. The zero-order chi connectivity index (χ0) is 11.5. The van der Waals surface area contributed by atoms with Crippen LogP contribution in [-0.2, 0) is 4.74 Å². The van der Waals surface area contributed by atoms with Gasteiger partial charge >= 0.3 is 6.09 Å². The van der Waals surface area contributed by atoms with Gasteiger partial charge in [0.2, 0.25) is 0 Å². The van der Waals surface area contributed by atoms with Crippen molar-refractivity contribution in [1.29, 1.82) is 0 Å². The molecular formula is C11H24N2O2. The Hall–Kier alpha value is -0.770. The van der Waals surface area contributed by atoms with Crippen LogP contribution < -0.4 is 11.1 Å². The Morgan fingerprint density at radius 1 is 1.33 bits per heavy atom. The van der Waals surface area contributed by atoms with Crippen molar-refractivity contribution < 1.29 is 9.53 Å². The van der Waals surface area contributed by atoms with Crippen LogP contribution in [0, 0.1) is 0 Å². The molecule has 0 radical (unpaired) electrons. The highest BCUT2D eigenvalue weighted by molar-refractivity contribution is 5.67. The summed E-state index contributed by atoms with van der Waals surface area (Å²) < 4.78 is 5.06. The minimum Gasteiger partial charge on any atom is -0.447 e. The molecule has 0 aromatic carbocycles. The number of amides is 1. The molecule has 0 saturated carbocycles. The SMILES string of the molecule is CCC(C)OC(=O)NCCCCCCN. The molecule has 1 atom stereocenters. The summed E-state index contributed by atoms with van der Waals surface area (Å²) in [5.74, 6) is 0. The summed E-state index contributed by atoms with van der Waals surface area (Å²) in [5.41, 5.74) is 5.37. The van der Waals surface area contributed by atoms with Crippen LogP contribution in [-0.4, -0.2) is 25.3 Å². The molecule has 3 N–H and O–H groups in total. The minimum atomic E-state index is -0.303. The second kappa shape index (κ2) is 9.77. The lowest BCUT2D eigenvalue weighted by atomic mass is 10.2. The molecule has 0 spiro atoms. The Kier molecular flexibility index (Phi) is 9.27. The van der Waals surface area contributed by atoms with Crippen molar-refractivity contribution in [2.75, 3.05) is 13.1 Å². The van der Waals surface area contributed by atoms with Crippen LogP contribution in [0.1, 0.15) is 46.0 Å². The van der Waals surface area contributed by atoms with E-state index in [2.05, 4.69) is 5.32 Å². The van der Waals surface area contributed by atoms with Gasteiger partial charge in [-0.25, -0.2) is 4.79 Å². The van der Waals surface area contributed by atoms with Crippen LogP contribution in [0.3, 0.4) is 0 Å². The topological polar surface area (TPSA) is 64.3 Å². The van der Waals surface area contributed by atoms with Crippen molar-refractivity contribution >= 4 is 6.09 Å². The fourth-order valence-corrected chi connectivity index (χ4v) is 1.12. The van der Waals surface area contributed by atoms with E-state index < -0.39 is 0 Å². The van der Waals surface area contributed by atoms with Gasteiger partial charge in [0, 0.05) is 6.54 Å². The third-order valence-electron chi connectivity index (χ3n) is 2.28. The average molecular weight is 216 g/mol. The number of hydrogen-bond acceptors (Lipinski definition) is 3. The van der Waals surface area contributed by atoms with Gasteiger partial charge < -0.3 is 15.8 Å². The fourth-order valence-electron chi connectivity index (χ4n) is 1.12. The second-order valence-electron chi connectivity index (χ2n) is 3.75. The standard InChI is InChI=1S/C11H24N2O2/c1-3-10(2)15-11(14)13-9-7-5-4-6-8-12/h10H,3-9,12H2,1-2H3,(H,13,14). The molecule has 0 aromatic heterocycles. The quantitative estimate of drug-likeness (QED) is 0.610. The van der Waals surface area contributed by atoms with E-state index in [4.69, 9.17) is 10.5 Å². The Morgan fingerprint density at radius 2 is 2.00 bits per heavy atom. The maximum absolute atomic E-state index is 11.1. The summed E-state index contributed by atoms with van der Waals surface area (Å²) in [7, 11) is 0. The van der Waals surface area contributed by atoms with Gasteiger partial charge in [-0.2, -0.15) is 0 Å². The summed E-state index contributed by atoms with van der Waals surface area (Å²) in [5, 5.41) is 2.73. The summed E-state index contributed by atoms with van der Waals surface area (Å²) in [6.45, 7) is 5.33. The molecule has 0 aliphatic rings. The fraction of sp³-hybridized carbons (Fsp3) is 0.909. The van der Waals surface area contributed by atoms with Gasteiger partial charge in [0.05, 0.1) is 0 Å². The molecule has 0 saturated heterocycles. The van der Waals surface area contributed by atoms with Crippen molar-refractivity contribution in [3.8, 4) is 0 Å². The number of nitrogens with two attached hydrogens (primary N) is 1. The third kappa shape index (κ3) is 9.53. The summed E-state index contributed by atoms with van der Waals surface area (Å²) >= 11 is 0. The molecule has 0 fully saturated rings. The monoisotopic (exact) mass is 216 g/mol. The molecule has 0 aliphatic carbocycles. The lowest BCUT2D eigenvalue weighted by Gasteiger charge is -2.11. The smallest absolute Gasteiger partial charge is 0.407 e. The first-order chi connectivity index (χ1) is 7.20. The summed E-state index contributed by atoms with van der Waals surface area (Å²) in [6, 6.07) is 0. The molecule has 1 amide bonds. The van der Waals surface area contributed by atoms with E-state index in [0.29, 0.717) is 6.54 Å². The van der Waals surface area contributed by atoms with Crippen LogP contribution in [0.2, 0.25) is 0 Å². The zero-order valence-electron chi connectivity index (χ0n) is 9.92. The van der Waals surface area contributed by atoms with Crippen molar-refractivity contribution in [2.45, 2.75) is 52.1 Å². The maximum Gasteiger partial charge on any atom is 0.407 e. The number of carbonyl (C=O) groups excluding carboxylic acids is 1. The zero-order valence-corrected chi connectivity index (χ0v) is 9.92. The van der Waals surface area contributed by atoms with Gasteiger partial charge in [-0.15, -0.1) is 0 Å². The van der Waals surface area contributed by atoms with E-state index in [1.807, 2.05) is 13.8 Å². The van der Waals surface area contributed by atoms with E-state index in [9.17, 15) is 4.79 Å². The Bertz CT molecular complexity index is 163. The maximum atomic E-state index is 11.1. The van der Waals surface area contributed by atoms with Crippen molar-refractivity contribution in [1.82, 2.24) is 5.32 Å². The van der Waals surface area contributed by atoms with Crippen molar-refractivity contribution in [3.05, 3.63) is 0 Å². The Morgan fingerprint density at radius 3 is 2.60 bits per heavy atom. The van der Waals surface area contributed by atoms with Gasteiger partial charge in [0.15, 0.2) is 0 Å². The van der Waals surface area contributed by atoms with Gasteiger partial charge in [0.25, 0.3) is 0 Å². The van der Waals surface area contributed by atoms with Crippen LogP contribution in [0.4, 0.5) is 4.79 Å².